The van der Waals surface area contributed by atoms with E-state index in [1.165, 1.54) is 11.0 Å². The molecule has 0 fully saturated rings. The molecule has 0 aliphatic carbocycles. The third kappa shape index (κ3) is 3.82. The minimum atomic E-state index is -0.175. The van der Waals surface area contributed by atoms with Gasteiger partial charge in [-0.3, -0.25) is 4.79 Å². The van der Waals surface area contributed by atoms with Gasteiger partial charge in [-0.1, -0.05) is 6.07 Å². The van der Waals surface area contributed by atoms with Gasteiger partial charge < -0.3 is 10.2 Å². The van der Waals surface area contributed by atoms with E-state index in [2.05, 4.69) is 39.6 Å². The van der Waals surface area contributed by atoms with Crippen molar-refractivity contribution in [3.05, 3.63) is 60.4 Å². The summed E-state index contributed by atoms with van der Waals surface area (Å²) < 4.78 is 1.51. The van der Waals surface area contributed by atoms with E-state index in [-0.39, 0.29) is 5.91 Å². The highest BCUT2D eigenvalue weighted by Crippen LogP contribution is 2.18. The number of nitrogens with zero attached hydrogens (tertiary/aromatic N) is 5. The molecule has 7 nitrogen and oxygen atoms in total. The molecule has 0 atom stereocenters. The Bertz CT molecular complexity index is 825. The topological polar surface area (TPSA) is 75.9 Å². The molecule has 128 valence electrons. The predicted molar refractivity (Wildman–Crippen MR) is 97.1 cm³/mol. The van der Waals surface area contributed by atoms with Crippen LogP contribution in [0, 0.1) is 0 Å². The number of benzene rings is 2. The Morgan fingerprint density at radius 1 is 1.12 bits per heavy atom. The molecule has 2 aromatic carbocycles. The van der Waals surface area contributed by atoms with Crippen molar-refractivity contribution in [2.75, 3.05) is 23.3 Å². The van der Waals surface area contributed by atoms with E-state index in [9.17, 15) is 4.79 Å². The minimum Gasteiger partial charge on any atom is -0.372 e. The molecular formula is C18H20N6O. The Morgan fingerprint density at radius 2 is 1.88 bits per heavy atom. The summed E-state index contributed by atoms with van der Waals surface area (Å²) in [5.74, 6) is -0.175. The Hall–Kier alpha value is -3.22. The summed E-state index contributed by atoms with van der Waals surface area (Å²) in [5.41, 5.74) is 3.17. The van der Waals surface area contributed by atoms with Crippen molar-refractivity contribution < 1.29 is 4.79 Å². The molecule has 0 aliphatic heterocycles. The van der Waals surface area contributed by atoms with Crippen LogP contribution in [0.3, 0.4) is 0 Å². The van der Waals surface area contributed by atoms with Crippen molar-refractivity contribution in [2.24, 2.45) is 0 Å². The average molecular weight is 336 g/mol. The zero-order valence-corrected chi connectivity index (χ0v) is 14.3. The van der Waals surface area contributed by atoms with Crippen molar-refractivity contribution in [1.29, 1.82) is 0 Å². The molecule has 0 spiro atoms. The predicted octanol–water partition coefficient (Wildman–Crippen LogP) is 2.76. The molecule has 0 unspecified atom stereocenters. The molecule has 1 aromatic heterocycles. The molecule has 0 bridgehead atoms. The molecule has 0 radical (unpaired) electrons. The summed E-state index contributed by atoms with van der Waals surface area (Å²) in [6, 6.07) is 15.0. The van der Waals surface area contributed by atoms with Crippen molar-refractivity contribution in [3.63, 3.8) is 0 Å². The first kappa shape index (κ1) is 16.6. The largest absolute Gasteiger partial charge is 0.372 e. The Kier molecular flexibility index (Phi) is 5.03. The van der Waals surface area contributed by atoms with Crippen molar-refractivity contribution in [3.8, 4) is 5.69 Å². The maximum absolute atomic E-state index is 12.5. The summed E-state index contributed by atoms with van der Waals surface area (Å²) >= 11 is 0. The van der Waals surface area contributed by atoms with Crippen molar-refractivity contribution >= 4 is 17.3 Å². The standard InChI is InChI=1S/C18H20N6O/c1-3-23(4-2)16-10-8-15(9-11-16)20-18(25)14-6-5-7-17(12-14)24-13-19-21-22-24/h5-13H,3-4H2,1-2H3,(H,20,25). The van der Waals surface area contributed by atoms with Gasteiger partial charge >= 0.3 is 0 Å². The normalized spacial score (nSPS) is 10.5. The quantitative estimate of drug-likeness (QED) is 0.749. The van der Waals surface area contributed by atoms with Gasteiger partial charge in [0, 0.05) is 30.0 Å². The summed E-state index contributed by atoms with van der Waals surface area (Å²) in [6.45, 7) is 6.14. The van der Waals surface area contributed by atoms with E-state index in [1.807, 2.05) is 30.3 Å². The van der Waals surface area contributed by atoms with Crippen LogP contribution in [0.15, 0.2) is 54.9 Å². The number of nitrogens with one attached hydrogen (secondary N) is 1. The monoisotopic (exact) mass is 336 g/mol. The van der Waals surface area contributed by atoms with E-state index >= 15 is 0 Å². The lowest BCUT2D eigenvalue weighted by Crippen LogP contribution is -2.21. The summed E-state index contributed by atoms with van der Waals surface area (Å²) in [4.78, 5) is 14.7. The van der Waals surface area contributed by atoms with Gasteiger partial charge in [-0.05, 0) is 66.7 Å². The van der Waals surface area contributed by atoms with E-state index in [1.54, 1.807) is 18.2 Å². The number of hydrogen-bond acceptors (Lipinski definition) is 5. The number of anilines is 2. The SMILES string of the molecule is CCN(CC)c1ccc(NC(=O)c2cccc(-n3cnnn3)c2)cc1. The van der Waals surface area contributed by atoms with Gasteiger partial charge in [-0.25, -0.2) is 4.68 Å². The first-order valence-electron chi connectivity index (χ1n) is 8.21. The number of amides is 1. The summed E-state index contributed by atoms with van der Waals surface area (Å²) in [5, 5.41) is 14.0. The van der Waals surface area contributed by atoms with Gasteiger partial charge in [0.2, 0.25) is 0 Å². The van der Waals surface area contributed by atoms with E-state index in [4.69, 9.17) is 0 Å². The number of carbonyl (C=O) groups is 1. The molecule has 3 rings (SSSR count). The van der Waals surface area contributed by atoms with Gasteiger partial charge in [0.05, 0.1) is 5.69 Å². The molecular weight excluding hydrogens is 316 g/mol. The molecule has 1 N–H and O–H groups in total. The van der Waals surface area contributed by atoms with E-state index in [0.717, 1.165) is 30.2 Å². The third-order valence-corrected chi connectivity index (χ3v) is 3.98. The van der Waals surface area contributed by atoms with Gasteiger partial charge in [0.1, 0.15) is 6.33 Å². The van der Waals surface area contributed by atoms with E-state index < -0.39 is 0 Å². The van der Waals surface area contributed by atoms with Crippen LogP contribution in [0.5, 0.6) is 0 Å². The van der Waals surface area contributed by atoms with Crippen molar-refractivity contribution in [1.82, 2.24) is 20.2 Å². The summed E-state index contributed by atoms with van der Waals surface area (Å²) in [6.07, 6.45) is 1.49. The second-order valence-electron chi connectivity index (χ2n) is 5.48. The Morgan fingerprint density at radius 3 is 2.52 bits per heavy atom. The number of aromatic nitrogens is 4. The Balaban J connectivity index is 1.73. The van der Waals surface area contributed by atoms with Crippen LogP contribution in [0.2, 0.25) is 0 Å². The smallest absolute Gasteiger partial charge is 0.255 e. The number of hydrogen-bond donors (Lipinski definition) is 1. The second kappa shape index (κ2) is 7.57. The lowest BCUT2D eigenvalue weighted by atomic mass is 10.2. The fourth-order valence-corrected chi connectivity index (χ4v) is 2.62. The van der Waals surface area contributed by atoms with Crippen LogP contribution in [0.1, 0.15) is 24.2 Å². The van der Waals surface area contributed by atoms with Crippen LogP contribution in [-0.2, 0) is 0 Å². The number of tetrazole rings is 1. The number of carbonyl (C=O) groups excluding carboxylic acids is 1. The number of rotatable bonds is 6. The van der Waals surface area contributed by atoms with Crippen LogP contribution in [-0.4, -0.2) is 39.2 Å². The average Bonchev–Trinajstić information content (AvgIpc) is 3.19. The van der Waals surface area contributed by atoms with Gasteiger partial charge in [0.15, 0.2) is 0 Å². The third-order valence-electron chi connectivity index (χ3n) is 3.98. The molecule has 1 heterocycles. The van der Waals surface area contributed by atoms with Crippen molar-refractivity contribution in [2.45, 2.75) is 13.8 Å². The molecule has 0 aliphatic rings. The van der Waals surface area contributed by atoms with Crippen LogP contribution < -0.4 is 10.2 Å². The van der Waals surface area contributed by atoms with Crippen LogP contribution in [0.25, 0.3) is 5.69 Å². The molecule has 7 heteroatoms. The second-order valence-corrected chi connectivity index (χ2v) is 5.48. The first-order valence-corrected chi connectivity index (χ1v) is 8.21. The van der Waals surface area contributed by atoms with Gasteiger partial charge in [0.25, 0.3) is 5.91 Å². The zero-order chi connectivity index (χ0) is 17.6. The fourth-order valence-electron chi connectivity index (χ4n) is 2.62. The minimum absolute atomic E-state index is 0.175. The highest BCUT2D eigenvalue weighted by molar-refractivity contribution is 6.04. The summed E-state index contributed by atoms with van der Waals surface area (Å²) in [7, 11) is 0. The van der Waals surface area contributed by atoms with Gasteiger partial charge in [-0.15, -0.1) is 5.10 Å². The molecule has 1 amide bonds. The molecule has 3 aromatic rings. The fraction of sp³-hybridized carbons (Fsp3) is 0.222. The lowest BCUT2D eigenvalue weighted by Gasteiger charge is -2.21. The maximum atomic E-state index is 12.5. The van der Waals surface area contributed by atoms with Crippen LogP contribution >= 0.6 is 0 Å². The first-order chi connectivity index (χ1) is 12.2. The van der Waals surface area contributed by atoms with Crippen LogP contribution in [0.4, 0.5) is 11.4 Å². The van der Waals surface area contributed by atoms with Gasteiger partial charge in [-0.2, -0.15) is 0 Å². The van der Waals surface area contributed by atoms with E-state index in [0.29, 0.717) is 5.56 Å². The molecule has 0 saturated carbocycles. The molecule has 0 saturated heterocycles. The highest BCUT2D eigenvalue weighted by atomic mass is 16.1. The lowest BCUT2D eigenvalue weighted by molar-refractivity contribution is 0.102. The zero-order valence-electron chi connectivity index (χ0n) is 14.3. The molecule has 25 heavy (non-hydrogen) atoms. The Labute approximate surface area is 146 Å². The maximum Gasteiger partial charge on any atom is 0.255 e. The highest BCUT2D eigenvalue weighted by Gasteiger charge is 2.09.